The van der Waals surface area contributed by atoms with Crippen molar-refractivity contribution in [2.75, 3.05) is 29.9 Å². The number of nitrogens with one attached hydrogen (secondary N) is 2. The van der Waals surface area contributed by atoms with Crippen molar-refractivity contribution in [1.82, 2.24) is 5.32 Å². The van der Waals surface area contributed by atoms with Crippen LogP contribution in [0.2, 0.25) is 0 Å². The lowest BCUT2D eigenvalue weighted by atomic mass is 10.1. The highest BCUT2D eigenvalue weighted by molar-refractivity contribution is 6.02. The van der Waals surface area contributed by atoms with E-state index in [1.165, 1.54) is 6.07 Å². The molecule has 2 heterocycles. The third-order valence-electron chi connectivity index (χ3n) is 3.62. The van der Waals surface area contributed by atoms with Gasteiger partial charge in [-0.2, -0.15) is 0 Å². The predicted octanol–water partition coefficient (Wildman–Crippen LogP) is 0.505. The molecule has 1 aromatic carbocycles. The molecule has 19 heavy (non-hydrogen) atoms. The molecule has 0 spiro atoms. The molecule has 100 valence electrons. The molecule has 1 unspecified atom stereocenters. The largest absolute Gasteiger partial charge is 0.478 e. The lowest BCUT2D eigenvalue weighted by Gasteiger charge is -2.35. The van der Waals surface area contributed by atoms with Crippen LogP contribution >= 0.6 is 0 Å². The lowest BCUT2D eigenvalue weighted by Crippen LogP contribution is -2.45. The fourth-order valence-electron chi connectivity index (χ4n) is 2.67. The number of carboxylic acid groups (broad SMARTS) is 1. The zero-order valence-corrected chi connectivity index (χ0v) is 10.3. The molecule has 6 nitrogen and oxygen atoms in total. The number of fused-ring (bicyclic) bond motifs is 1. The lowest BCUT2D eigenvalue weighted by molar-refractivity contribution is -0.115. The molecule has 0 saturated carbocycles. The second-order valence-electron chi connectivity index (χ2n) is 4.86. The second-order valence-corrected chi connectivity index (χ2v) is 4.86. The van der Waals surface area contributed by atoms with Gasteiger partial charge in [0.25, 0.3) is 0 Å². The van der Waals surface area contributed by atoms with Crippen LogP contribution in [0.4, 0.5) is 11.4 Å². The molecule has 1 fully saturated rings. The van der Waals surface area contributed by atoms with Crippen molar-refractivity contribution in [3.63, 3.8) is 0 Å². The number of rotatable bonds is 2. The molecule has 0 aromatic heterocycles. The Morgan fingerprint density at radius 3 is 2.95 bits per heavy atom. The molecule has 1 aromatic rings. The zero-order chi connectivity index (χ0) is 13.4. The number of nitrogens with zero attached hydrogens (tertiary/aromatic N) is 1. The van der Waals surface area contributed by atoms with Gasteiger partial charge in [-0.1, -0.05) is 0 Å². The first-order chi connectivity index (χ1) is 9.15. The Morgan fingerprint density at radius 1 is 1.42 bits per heavy atom. The number of hydrogen-bond acceptors (Lipinski definition) is 4. The fraction of sp³-hybridized carbons (Fsp3) is 0.385. The number of carbonyl (C=O) groups is 2. The van der Waals surface area contributed by atoms with E-state index in [0.717, 1.165) is 25.2 Å². The molecule has 2 aliphatic rings. The highest BCUT2D eigenvalue weighted by Gasteiger charge is 2.30. The Labute approximate surface area is 110 Å². The maximum atomic E-state index is 11.7. The van der Waals surface area contributed by atoms with Crippen LogP contribution in [-0.4, -0.2) is 42.7 Å². The molecule has 1 atom stereocenters. The summed E-state index contributed by atoms with van der Waals surface area (Å²) >= 11 is 0. The van der Waals surface area contributed by atoms with E-state index in [1.54, 1.807) is 12.1 Å². The Balaban J connectivity index is 2.01. The summed E-state index contributed by atoms with van der Waals surface area (Å²) in [5, 5.41) is 15.1. The maximum Gasteiger partial charge on any atom is 0.335 e. The summed E-state index contributed by atoms with van der Waals surface area (Å²) in [5.74, 6) is -1.01. The van der Waals surface area contributed by atoms with Gasteiger partial charge < -0.3 is 20.6 Å². The Bertz CT molecular complexity index is 538. The van der Waals surface area contributed by atoms with Gasteiger partial charge in [-0.3, -0.25) is 4.79 Å². The first-order valence-corrected chi connectivity index (χ1v) is 6.30. The molecule has 3 N–H and O–H groups in total. The van der Waals surface area contributed by atoms with Crippen LogP contribution in [-0.2, 0) is 4.79 Å². The van der Waals surface area contributed by atoms with Crippen LogP contribution < -0.4 is 15.5 Å². The smallest absolute Gasteiger partial charge is 0.335 e. The van der Waals surface area contributed by atoms with E-state index >= 15 is 0 Å². The van der Waals surface area contributed by atoms with E-state index in [0.29, 0.717) is 5.69 Å². The topological polar surface area (TPSA) is 81.7 Å². The molecule has 2 aliphatic heterocycles. The molecule has 0 radical (unpaired) electrons. The van der Waals surface area contributed by atoms with E-state index in [4.69, 9.17) is 5.11 Å². The minimum atomic E-state index is -0.954. The van der Waals surface area contributed by atoms with Crippen LogP contribution in [0.25, 0.3) is 0 Å². The van der Waals surface area contributed by atoms with E-state index in [-0.39, 0.29) is 24.1 Å². The van der Waals surface area contributed by atoms with Gasteiger partial charge in [-0.25, -0.2) is 4.79 Å². The Hall–Kier alpha value is -2.08. The van der Waals surface area contributed by atoms with E-state index in [1.807, 2.05) is 4.90 Å². The average Bonchev–Trinajstić information content (AvgIpc) is 2.90. The van der Waals surface area contributed by atoms with Crippen molar-refractivity contribution in [3.8, 4) is 0 Å². The van der Waals surface area contributed by atoms with Crippen molar-refractivity contribution < 1.29 is 14.7 Å². The summed E-state index contributed by atoms with van der Waals surface area (Å²) in [6, 6.07) is 5.05. The fourth-order valence-corrected chi connectivity index (χ4v) is 2.67. The van der Waals surface area contributed by atoms with E-state index in [9.17, 15) is 9.59 Å². The molecule has 6 heteroatoms. The summed E-state index contributed by atoms with van der Waals surface area (Å²) in [6.45, 7) is 2.03. The van der Waals surface area contributed by atoms with Crippen LogP contribution in [0.15, 0.2) is 18.2 Å². The van der Waals surface area contributed by atoms with Crippen LogP contribution in [0.3, 0.4) is 0 Å². The van der Waals surface area contributed by atoms with Gasteiger partial charge in [0, 0.05) is 12.6 Å². The summed E-state index contributed by atoms with van der Waals surface area (Å²) in [4.78, 5) is 24.8. The van der Waals surface area contributed by atoms with Crippen molar-refractivity contribution in [3.05, 3.63) is 23.8 Å². The van der Waals surface area contributed by atoms with Gasteiger partial charge in [0.15, 0.2) is 0 Å². The van der Waals surface area contributed by atoms with Crippen LogP contribution in [0.1, 0.15) is 16.8 Å². The van der Waals surface area contributed by atoms with Gasteiger partial charge in [0.2, 0.25) is 5.91 Å². The van der Waals surface area contributed by atoms with Crippen molar-refractivity contribution >= 4 is 23.3 Å². The van der Waals surface area contributed by atoms with Crippen LogP contribution in [0.5, 0.6) is 0 Å². The number of carbonyl (C=O) groups excluding carboxylic acids is 1. The molecule has 1 amide bonds. The number of carboxylic acids is 1. The molecule has 0 aliphatic carbocycles. The van der Waals surface area contributed by atoms with E-state index in [2.05, 4.69) is 10.6 Å². The standard InChI is InChI=1S/C13H15N3O3/c17-12-7-16(9-3-4-14-6-9)11-5-8(13(18)19)1-2-10(11)15-12/h1-2,5,9,14H,3-4,6-7H2,(H,15,17)(H,18,19). The molecule has 0 bridgehead atoms. The zero-order valence-electron chi connectivity index (χ0n) is 10.3. The van der Waals surface area contributed by atoms with Gasteiger partial charge in [-0.05, 0) is 31.2 Å². The number of hydrogen-bond donors (Lipinski definition) is 3. The number of amides is 1. The Kier molecular flexibility index (Phi) is 2.87. The van der Waals surface area contributed by atoms with Gasteiger partial charge in [0.1, 0.15) is 0 Å². The van der Waals surface area contributed by atoms with Gasteiger partial charge in [0.05, 0.1) is 23.5 Å². The summed E-state index contributed by atoms with van der Waals surface area (Å²) < 4.78 is 0. The van der Waals surface area contributed by atoms with Crippen molar-refractivity contribution in [2.45, 2.75) is 12.5 Å². The predicted molar refractivity (Wildman–Crippen MR) is 70.7 cm³/mol. The van der Waals surface area contributed by atoms with E-state index < -0.39 is 5.97 Å². The second kappa shape index (κ2) is 4.55. The third-order valence-corrected chi connectivity index (χ3v) is 3.62. The first-order valence-electron chi connectivity index (χ1n) is 6.30. The van der Waals surface area contributed by atoms with Crippen molar-refractivity contribution in [1.29, 1.82) is 0 Å². The number of benzene rings is 1. The van der Waals surface area contributed by atoms with Gasteiger partial charge in [-0.15, -0.1) is 0 Å². The first kappa shape index (κ1) is 12.0. The molecular formula is C13H15N3O3. The summed E-state index contributed by atoms with van der Waals surface area (Å²) in [7, 11) is 0. The third kappa shape index (κ3) is 2.15. The summed E-state index contributed by atoms with van der Waals surface area (Å²) in [6.07, 6.45) is 0.962. The normalized spacial score (nSPS) is 22.0. The van der Waals surface area contributed by atoms with Gasteiger partial charge >= 0.3 is 5.97 Å². The SMILES string of the molecule is O=C1CN(C2CCNC2)c2cc(C(=O)O)ccc2N1. The monoisotopic (exact) mass is 261 g/mol. The molecular weight excluding hydrogens is 246 g/mol. The number of aromatic carboxylic acids is 1. The summed E-state index contributed by atoms with van der Waals surface area (Å²) in [5.41, 5.74) is 1.73. The highest BCUT2D eigenvalue weighted by Crippen LogP contribution is 2.33. The quantitative estimate of drug-likeness (QED) is 0.722. The molecule has 1 saturated heterocycles. The van der Waals surface area contributed by atoms with Crippen molar-refractivity contribution in [2.24, 2.45) is 0 Å². The minimum Gasteiger partial charge on any atom is -0.478 e. The maximum absolute atomic E-state index is 11.7. The van der Waals surface area contributed by atoms with Crippen LogP contribution in [0, 0.1) is 0 Å². The minimum absolute atomic E-state index is 0.0533. The highest BCUT2D eigenvalue weighted by atomic mass is 16.4. The average molecular weight is 261 g/mol. The molecule has 3 rings (SSSR count). The number of anilines is 2. The Morgan fingerprint density at radius 2 is 2.26 bits per heavy atom.